The Morgan fingerprint density at radius 3 is 2.64 bits per heavy atom. The standard InChI is InChI=1S/C30H36F2N8O4S/c1-5-43-19-8-6-18(7-9-19)40-14-21(25(38-40)24-20(31)10-11-23(32)37-24)35-27(41)22-15-45-28(36-22)17-12-34-39(13-17)16-44-29(42)26(33)30(2,3)4/h10-15,17-19,26H,5-9,16,33H2,1-4H3/p+1. The van der Waals surface area contributed by atoms with Crippen molar-refractivity contribution >= 4 is 41.3 Å². The average molecular weight is 644 g/mol. The molecule has 2 aliphatic rings. The van der Waals surface area contributed by atoms with Crippen molar-refractivity contribution < 1.29 is 32.5 Å². The van der Waals surface area contributed by atoms with Gasteiger partial charge in [-0.05, 0) is 55.3 Å². The van der Waals surface area contributed by atoms with Crippen LogP contribution in [0.1, 0.15) is 80.8 Å². The second kappa shape index (κ2) is 13.6. The van der Waals surface area contributed by atoms with Crippen molar-refractivity contribution in [3.8, 4) is 11.4 Å². The van der Waals surface area contributed by atoms with E-state index in [1.807, 2.05) is 27.7 Å². The number of nitrogens with two attached hydrogens (primary N) is 1. The van der Waals surface area contributed by atoms with Crippen molar-refractivity contribution in [2.24, 2.45) is 16.3 Å². The predicted octanol–water partition coefficient (Wildman–Crippen LogP) is 4.49. The minimum atomic E-state index is -0.866. The van der Waals surface area contributed by atoms with Gasteiger partial charge in [-0.3, -0.25) is 14.3 Å². The number of hydrogen-bond donors (Lipinski definition) is 2. The zero-order valence-corrected chi connectivity index (χ0v) is 26.4. The highest BCUT2D eigenvalue weighted by atomic mass is 32.1. The maximum Gasteiger partial charge on any atom is 0.328 e. The van der Waals surface area contributed by atoms with Crippen molar-refractivity contribution in [2.75, 3.05) is 18.7 Å². The zero-order chi connectivity index (χ0) is 32.3. The van der Waals surface area contributed by atoms with E-state index in [9.17, 15) is 18.4 Å². The molecule has 0 bridgehead atoms. The van der Waals surface area contributed by atoms with Gasteiger partial charge < -0.3 is 20.5 Å². The summed E-state index contributed by atoms with van der Waals surface area (Å²) >= 11 is 1.25. The fourth-order valence-corrected chi connectivity index (χ4v) is 5.89. The van der Waals surface area contributed by atoms with Crippen LogP contribution in [0.15, 0.2) is 28.8 Å². The van der Waals surface area contributed by atoms with E-state index in [2.05, 4.69) is 25.5 Å². The van der Waals surface area contributed by atoms with Crippen molar-refractivity contribution in [1.29, 1.82) is 0 Å². The summed E-state index contributed by atoms with van der Waals surface area (Å²) in [6, 6.07) is 1.12. The highest BCUT2D eigenvalue weighted by molar-refractivity contribution is 7.10. The van der Waals surface area contributed by atoms with Gasteiger partial charge in [0.1, 0.15) is 34.0 Å². The van der Waals surface area contributed by atoms with Crippen LogP contribution in [0.5, 0.6) is 0 Å². The largest absolute Gasteiger partial charge is 0.401 e. The molecule has 0 aromatic carbocycles. The first-order chi connectivity index (χ1) is 21.4. The summed E-state index contributed by atoms with van der Waals surface area (Å²) in [6.07, 6.45) is 8.40. The Hall–Kier alpha value is -3.95. The summed E-state index contributed by atoms with van der Waals surface area (Å²) in [5.41, 5.74) is 5.55. The summed E-state index contributed by atoms with van der Waals surface area (Å²) in [7, 11) is 0. The maximum absolute atomic E-state index is 14.8. The molecule has 3 N–H and O–H groups in total. The van der Waals surface area contributed by atoms with Gasteiger partial charge in [0.05, 0.1) is 24.0 Å². The fraction of sp³-hybridized carbons (Fsp3) is 0.500. The molecule has 15 heteroatoms. The molecule has 0 saturated heterocycles. The molecule has 5 rings (SSSR count). The number of rotatable bonds is 10. The quantitative estimate of drug-likeness (QED) is 0.186. The highest BCUT2D eigenvalue weighted by Gasteiger charge is 2.31. The predicted molar refractivity (Wildman–Crippen MR) is 164 cm³/mol. The van der Waals surface area contributed by atoms with Gasteiger partial charge in [-0.25, -0.2) is 14.4 Å². The molecular formula is C30H37F2N8O4S+. The van der Waals surface area contributed by atoms with Gasteiger partial charge in [0, 0.05) is 18.2 Å². The summed E-state index contributed by atoms with van der Waals surface area (Å²) < 4.78 is 43.1. The van der Waals surface area contributed by atoms with E-state index in [0.29, 0.717) is 11.6 Å². The normalized spacial score (nSPS) is 20.6. The minimum Gasteiger partial charge on any atom is -0.401 e. The van der Waals surface area contributed by atoms with E-state index >= 15 is 0 Å². The van der Waals surface area contributed by atoms with Crippen LogP contribution in [-0.4, -0.2) is 74.2 Å². The molecule has 1 aliphatic carbocycles. The maximum atomic E-state index is 14.8. The van der Waals surface area contributed by atoms with Crippen molar-refractivity contribution in [3.63, 3.8) is 0 Å². The lowest BCUT2D eigenvalue weighted by Gasteiger charge is -2.28. The molecule has 1 fully saturated rings. The first-order valence-corrected chi connectivity index (χ1v) is 15.7. The Bertz CT molecular complexity index is 1610. The van der Waals surface area contributed by atoms with Crippen molar-refractivity contribution in [2.45, 2.75) is 77.5 Å². The molecule has 3 aromatic rings. The van der Waals surface area contributed by atoms with Gasteiger partial charge in [0.2, 0.25) is 5.95 Å². The number of nitrogens with one attached hydrogen (secondary N) is 1. The number of aromatic nitrogens is 4. The molecule has 45 heavy (non-hydrogen) atoms. The van der Waals surface area contributed by atoms with Gasteiger partial charge in [-0.1, -0.05) is 25.5 Å². The van der Waals surface area contributed by atoms with Gasteiger partial charge in [-0.15, -0.1) is 11.3 Å². The summed E-state index contributed by atoms with van der Waals surface area (Å²) in [6.45, 7) is 8.05. The molecule has 1 amide bonds. The average Bonchev–Trinajstić information content (AvgIpc) is 3.77. The number of esters is 1. The number of halogens is 2. The molecular weight excluding hydrogens is 606 g/mol. The molecule has 2 unspecified atom stereocenters. The lowest BCUT2D eigenvalue weighted by Crippen LogP contribution is -2.43. The first-order valence-electron chi connectivity index (χ1n) is 14.8. The molecule has 0 radical (unpaired) electrons. The summed E-state index contributed by atoms with van der Waals surface area (Å²) in [5.74, 6) is -3.05. The molecule has 2 atom stereocenters. The second-order valence-corrected chi connectivity index (χ2v) is 13.0. The Labute approximate surface area is 263 Å². The number of hydrazone groups is 1. The molecule has 1 aliphatic heterocycles. The number of carbonyl (C=O) groups excluding carboxylic acids is 2. The topological polar surface area (TPSA) is 150 Å². The van der Waals surface area contributed by atoms with Gasteiger partial charge in [0.15, 0.2) is 12.0 Å². The lowest BCUT2D eigenvalue weighted by molar-refractivity contribution is -0.560. The number of carbonyl (C=O) groups is 2. The van der Waals surface area contributed by atoms with E-state index in [1.165, 1.54) is 16.0 Å². The van der Waals surface area contributed by atoms with Gasteiger partial charge >= 0.3 is 12.7 Å². The third-order valence-electron chi connectivity index (χ3n) is 7.71. The number of hydrogen-bond acceptors (Lipinski definition) is 10. The van der Waals surface area contributed by atoms with Crippen LogP contribution in [0.3, 0.4) is 0 Å². The minimum absolute atomic E-state index is 0.00258. The number of pyridine rings is 1. The van der Waals surface area contributed by atoms with Crippen molar-refractivity contribution in [1.82, 2.24) is 19.7 Å². The molecule has 240 valence electrons. The third kappa shape index (κ3) is 7.65. The SMILES string of the molecule is CCOC1CCC(n2cc(NC(=O)c3csc(C4C=N[N+](COC(=O)C(N)C(C)(C)C)=C4)n3)c(-c3nc(F)ccc3F)n2)CC1. The van der Waals surface area contributed by atoms with Crippen LogP contribution in [-0.2, 0) is 14.3 Å². The van der Waals surface area contributed by atoms with E-state index in [1.54, 1.807) is 28.7 Å². The van der Waals surface area contributed by atoms with Gasteiger partial charge in [0.25, 0.3) is 5.91 Å². The monoisotopic (exact) mass is 643 g/mol. The van der Waals surface area contributed by atoms with E-state index in [0.717, 1.165) is 37.8 Å². The first kappa shape index (κ1) is 32.4. The molecule has 1 saturated carbocycles. The van der Waals surface area contributed by atoms with Gasteiger partial charge in [-0.2, -0.15) is 9.49 Å². The van der Waals surface area contributed by atoms with E-state index in [-0.39, 0.29) is 47.6 Å². The second-order valence-electron chi connectivity index (χ2n) is 12.1. The van der Waals surface area contributed by atoms with Crippen LogP contribution < -0.4 is 11.1 Å². The highest BCUT2D eigenvalue weighted by Crippen LogP contribution is 2.34. The van der Waals surface area contributed by atoms with Crippen LogP contribution >= 0.6 is 11.3 Å². The lowest BCUT2D eigenvalue weighted by atomic mass is 9.87. The third-order valence-corrected chi connectivity index (χ3v) is 8.66. The van der Waals surface area contributed by atoms with E-state index in [4.69, 9.17) is 15.2 Å². The Morgan fingerprint density at radius 1 is 1.18 bits per heavy atom. The Kier molecular flexibility index (Phi) is 9.79. The Balaban J connectivity index is 1.30. The molecule has 4 heterocycles. The fourth-order valence-electron chi connectivity index (χ4n) is 5.07. The summed E-state index contributed by atoms with van der Waals surface area (Å²) in [5, 5.41) is 13.8. The zero-order valence-electron chi connectivity index (χ0n) is 25.6. The number of amides is 1. The Morgan fingerprint density at radius 2 is 1.93 bits per heavy atom. The molecule has 12 nitrogen and oxygen atoms in total. The molecule has 3 aromatic heterocycles. The summed E-state index contributed by atoms with van der Waals surface area (Å²) in [4.78, 5) is 33.8. The molecule has 0 spiro atoms. The van der Waals surface area contributed by atoms with Crippen LogP contribution in [0.4, 0.5) is 14.5 Å². The van der Waals surface area contributed by atoms with Crippen LogP contribution in [0.2, 0.25) is 0 Å². The number of nitrogens with zero attached hydrogens (tertiary/aromatic N) is 6. The van der Waals surface area contributed by atoms with Crippen molar-refractivity contribution in [3.05, 3.63) is 46.2 Å². The van der Waals surface area contributed by atoms with E-state index < -0.39 is 35.1 Å². The van der Waals surface area contributed by atoms with Crippen LogP contribution in [0, 0.1) is 17.2 Å². The number of ether oxygens (including phenoxy) is 2. The smallest absolute Gasteiger partial charge is 0.328 e. The number of anilines is 1. The number of thiazole rings is 1. The van der Waals surface area contributed by atoms with Crippen LogP contribution in [0.25, 0.3) is 11.4 Å².